The highest BCUT2D eigenvalue weighted by Gasteiger charge is 1.99. The Morgan fingerprint density at radius 3 is 2.50 bits per heavy atom. The summed E-state index contributed by atoms with van der Waals surface area (Å²) in [5.74, 6) is 0. The van der Waals surface area contributed by atoms with Crippen LogP contribution in [-0.4, -0.2) is 20.6 Å². The Morgan fingerprint density at radius 2 is 2.00 bits per heavy atom. The Bertz CT molecular complexity index is 70.8. The Balaban J connectivity index is 2.77. The highest BCUT2D eigenvalue weighted by atomic mass is 35.7. The van der Waals surface area contributed by atoms with Gasteiger partial charge in [0.05, 0.1) is 0 Å². The highest BCUT2D eigenvalue weighted by Crippen LogP contribution is 2.02. The SMILES string of the molecule is CCCCOCC[SiH](Cl)Cl. The van der Waals surface area contributed by atoms with Crippen LogP contribution in [0.15, 0.2) is 0 Å². The molecule has 0 amide bonds. The van der Waals surface area contributed by atoms with Gasteiger partial charge in [0, 0.05) is 13.2 Å². The summed E-state index contributed by atoms with van der Waals surface area (Å²) in [5, 5.41) is 0. The van der Waals surface area contributed by atoms with Crippen LogP contribution < -0.4 is 0 Å². The zero-order valence-electron chi connectivity index (χ0n) is 6.28. The maximum Gasteiger partial charge on any atom is 0.239 e. The van der Waals surface area contributed by atoms with Gasteiger partial charge in [0.1, 0.15) is 0 Å². The predicted molar refractivity (Wildman–Crippen MR) is 49.4 cm³/mol. The topological polar surface area (TPSA) is 9.23 Å². The van der Waals surface area contributed by atoms with Crippen molar-refractivity contribution in [2.75, 3.05) is 13.2 Å². The summed E-state index contributed by atoms with van der Waals surface area (Å²) in [6.07, 6.45) is 2.32. The monoisotopic (exact) mass is 200 g/mol. The summed E-state index contributed by atoms with van der Waals surface area (Å²) in [4.78, 5) is 0. The number of unbranched alkanes of at least 4 members (excludes halogenated alkanes) is 1. The second-order valence-corrected chi connectivity index (χ2v) is 7.34. The van der Waals surface area contributed by atoms with E-state index in [2.05, 4.69) is 6.92 Å². The van der Waals surface area contributed by atoms with Gasteiger partial charge in [0.15, 0.2) is 0 Å². The van der Waals surface area contributed by atoms with Crippen molar-refractivity contribution in [1.29, 1.82) is 0 Å². The smallest absolute Gasteiger partial charge is 0.239 e. The van der Waals surface area contributed by atoms with Crippen molar-refractivity contribution in [3.05, 3.63) is 0 Å². The molecule has 0 unspecified atom stereocenters. The predicted octanol–water partition coefficient (Wildman–Crippen LogP) is 2.50. The van der Waals surface area contributed by atoms with Crippen molar-refractivity contribution in [2.24, 2.45) is 0 Å². The molecular weight excluding hydrogens is 187 g/mol. The minimum Gasteiger partial charge on any atom is -0.382 e. The molecule has 0 aliphatic heterocycles. The third-order valence-corrected chi connectivity index (χ3v) is 3.10. The van der Waals surface area contributed by atoms with Gasteiger partial charge in [-0.05, 0) is 12.5 Å². The number of halogens is 2. The molecule has 0 saturated heterocycles. The number of ether oxygens (including phenoxy) is 1. The third kappa shape index (κ3) is 8.76. The Labute approximate surface area is 73.7 Å². The molecule has 0 rings (SSSR count). The average Bonchev–Trinajstić information content (AvgIpc) is 1.87. The van der Waals surface area contributed by atoms with Gasteiger partial charge in [-0.25, -0.2) is 0 Å². The van der Waals surface area contributed by atoms with Crippen LogP contribution in [0, 0.1) is 0 Å². The molecule has 0 aromatic heterocycles. The second kappa shape index (κ2) is 7.86. The lowest BCUT2D eigenvalue weighted by Gasteiger charge is -2.01. The van der Waals surface area contributed by atoms with E-state index in [1.165, 1.54) is 6.42 Å². The van der Waals surface area contributed by atoms with Crippen molar-refractivity contribution in [3.8, 4) is 0 Å². The van der Waals surface area contributed by atoms with Gasteiger partial charge in [0.25, 0.3) is 0 Å². The minimum absolute atomic E-state index is 0.740. The fourth-order valence-corrected chi connectivity index (χ4v) is 1.40. The van der Waals surface area contributed by atoms with Gasteiger partial charge in [-0.1, -0.05) is 13.3 Å². The van der Waals surface area contributed by atoms with Crippen LogP contribution in [0.2, 0.25) is 6.04 Å². The third-order valence-electron chi connectivity index (χ3n) is 1.12. The molecule has 1 nitrogen and oxygen atoms in total. The van der Waals surface area contributed by atoms with Crippen molar-refractivity contribution in [1.82, 2.24) is 0 Å². The zero-order chi connectivity index (χ0) is 7.82. The van der Waals surface area contributed by atoms with Crippen molar-refractivity contribution in [2.45, 2.75) is 25.8 Å². The molecule has 0 spiro atoms. The van der Waals surface area contributed by atoms with Gasteiger partial charge < -0.3 is 4.74 Å². The molecule has 0 aliphatic rings. The van der Waals surface area contributed by atoms with E-state index in [0.29, 0.717) is 0 Å². The van der Waals surface area contributed by atoms with Crippen molar-refractivity contribution >= 4 is 29.6 Å². The van der Waals surface area contributed by atoms with Gasteiger partial charge in [-0.15, -0.1) is 0 Å². The standard InChI is InChI=1S/C6H14Cl2OSi/c1-2-3-4-9-5-6-10(7)8/h10H,2-6H2,1H3. The van der Waals surface area contributed by atoms with Crippen LogP contribution >= 0.6 is 22.2 Å². The van der Waals surface area contributed by atoms with Crippen LogP contribution in [0.25, 0.3) is 0 Å². The summed E-state index contributed by atoms with van der Waals surface area (Å²) in [6.45, 7) is 3.74. The molecule has 0 aliphatic carbocycles. The molecule has 0 radical (unpaired) electrons. The normalized spacial score (nSPS) is 10.8. The lowest BCUT2D eigenvalue weighted by Crippen LogP contribution is -2.01. The first-order valence-electron chi connectivity index (χ1n) is 3.63. The van der Waals surface area contributed by atoms with E-state index in [-0.39, 0.29) is 0 Å². The minimum atomic E-state index is -1.40. The van der Waals surface area contributed by atoms with Crippen LogP contribution in [0.5, 0.6) is 0 Å². The Kier molecular flexibility index (Phi) is 8.45. The summed E-state index contributed by atoms with van der Waals surface area (Å²) < 4.78 is 5.25. The number of hydrogen-bond acceptors (Lipinski definition) is 1. The van der Waals surface area contributed by atoms with E-state index in [4.69, 9.17) is 26.9 Å². The molecule has 10 heavy (non-hydrogen) atoms. The highest BCUT2D eigenvalue weighted by molar-refractivity contribution is 7.33. The van der Waals surface area contributed by atoms with E-state index in [0.717, 1.165) is 25.7 Å². The lowest BCUT2D eigenvalue weighted by molar-refractivity contribution is 0.144. The van der Waals surface area contributed by atoms with Crippen molar-refractivity contribution in [3.63, 3.8) is 0 Å². The van der Waals surface area contributed by atoms with E-state index in [1.807, 2.05) is 0 Å². The van der Waals surface area contributed by atoms with Gasteiger partial charge in [-0.3, -0.25) is 0 Å². The molecule has 4 heteroatoms. The lowest BCUT2D eigenvalue weighted by atomic mass is 10.4. The number of rotatable bonds is 6. The first-order valence-corrected chi connectivity index (χ1v) is 7.94. The van der Waals surface area contributed by atoms with Crippen LogP contribution in [0.1, 0.15) is 19.8 Å². The molecule has 0 N–H and O–H groups in total. The summed E-state index contributed by atoms with van der Waals surface area (Å²) in [7, 11) is -1.40. The molecule has 0 heterocycles. The Morgan fingerprint density at radius 1 is 1.30 bits per heavy atom. The average molecular weight is 201 g/mol. The van der Waals surface area contributed by atoms with E-state index < -0.39 is 7.42 Å². The fraction of sp³-hybridized carbons (Fsp3) is 1.00. The van der Waals surface area contributed by atoms with E-state index >= 15 is 0 Å². The van der Waals surface area contributed by atoms with Gasteiger partial charge in [-0.2, -0.15) is 22.2 Å². The van der Waals surface area contributed by atoms with Crippen LogP contribution in [0.3, 0.4) is 0 Å². The fourth-order valence-electron chi connectivity index (χ4n) is 0.521. The summed E-state index contributed by atoms with van der Waals surface area (Å²) >= 11 is 11.2. The maximum absolute atomic E-state index is 5.61. The van der Waals surface area contributed by atoms with Crippen LogP contribution in [0.4, 0.5) is 0 Å². The first-order chi connectivity index (χ1) is 4.77. The molecule has 0 aromatic carbocycles. The molecule has 0 fully saturated rings. The first kappa shape index (κ1) is 10.8. The maximum atomic E-state index is 5.61. The zero-order valence-corrected chi connectivity index (χ0v) is 8.94. The van der Waals surface area contributed by atoms with E-state index in [1.54, 1.807) is 0 Å². The van der Waals surface area contributed by atoms with Crippen molar-refractivity contribution < 1.29 is 4.74 Å². The quantitative estimate of drug-likeness (QED) is 0.364. The number of hydrogen-bond donors (Lipinski definition) is 0. The molecule has 0 aromatic rings. The Hall–Kier alpha value is 0.757. The summed E-state index contributed by atoms with van der Waals surface area (Å²) in [5.41, 5.74) is 0. The molecule has 0 atom stereocenters. The second-order valence-electron chi connectivity index (χ2n) is 2.15. The summed E-state index contributed by atoms with van der Waals surface area (Å²) in [6, 6.07) is 0.868. The van der Waals surface area contributed by atoms with Crippen LogP contribution in [-0.2, 0) is 4.74 Å². The molecule has 62 valence electrons. The largest absolute Gasteiger partial charge is 0.382 e. The molecule has 0 saturated carbocycles. The van der Waals surface area contributed by atoms with E-state index in [9.17, 15) is 0 Å². The molecular formula is C6H14Cl2OSi. The van der Waals surface area contributed by atoms with Gasteiger partial charge >= 0.3 is 0 Å². The molecule has 0 bridgehead atoms. The van der Waals surface area contributed by atoms with Gasteiger partial charge in [0.2, 0.25) is 7.42 Å².